The van der Waals surface area contributed by atoms with E-state index in [0.717, 1.165) is 38.0 Å². The van der Waals surface area contributed by atoms with Crippen LogP contribution in [0.3, 0.4) is 0 Å². The van der Waals surface area contributed by atoms with E-state index in [0.29, 0.717) is 55.4 Å². The summed E-state index contributed by atoms with van der Waals surface area (Å²) >= 11 is 1.38. The van der Waals surface area contributed by atoms with Gasteiger partial charge in [-0.1, -0.05) is 32.0 Å². The third-order valence-electron chi connectivity index (χ3n) is 5.75. The van der Waals surface area contributed by atoms with Gasteiger partial charge in [-0.25, -0.2) is 4.98 Å². The summed E-state index contributed by atoms with van der Waals surface area (Å²) in [5, 5.41) is 3.90. The van der Waals surface area contributed by atoms with Crippen LogP contribution in [0.2, 0.25) is 0 Å². The van der Waals surface area contributed by atoms with Crippen molar-refractivity contribution < 1.29 is 14.3 Å². The van der Waals surface area contributed by atoms with Crippen LogP contribution in [0.1, 0.15) is 39.5 Å². The number of nitrogens with zero attached hydrogens (tertiary/aromatic N) is 3. The first-order valence-electron chi connectivity index (χ1n) is 11.9. The number of methoxy groups -OCH3 is 1. The molecule has 1 aromatic carbocycles. The fourth-order valence-electron chi connectivity index (χ4n) is 3.80. The van der Waals surface area contributed by atoms with Gasteiger partial charge in [-0.2, -0.15) is 0 Å². The van der Waals surface area contributed by atoms with Crippen LogP contribution in [-0.2, 0) is 20.8 Å². The van der Waals surface area contributed by atoms with Crippen molar-refractivity contribution in [1.29, 1.82) is 0 Å². The molecule has 1 saturated heterocycles. The average molecular weight is 477 g/mol. The van der Waals surface area contributed by atoms with E-state index in [4.69, 9.17) is 14.5 Å². The van der Waals surface area contributed by atoms with Crippen molar-refractivity contribution in [2.24, 2.45) is 0 Å². The maximum atomic E-state index is 13.5. The minimum atomic E-state index is -0.308. The Morgan fingerprint density at radius 1 is 1.27 bits per heavy atom. The Hall–Kier alpha value is -2.10. The Morgan fingerprint density at radius 3 is 2.76 bits per heavy atom. The van der Waals surface area contributed by atoms with E-state index < -0.39 is 0 Å². The van der Waals surface area contributed by atoms with E-state index >= 15 is 0 Å². The van der Waals surface area contributed by atoms with Crippen molar-refractivity contribution in [2.45, 2.75) is 56.5 Å². The number of unbranched alkanes of at least 4 members (excludes halogenated alkanes) is 1. The monoisotopic (exact) mass is 476 g/mol. The van der Waals surface area contributed by atoms with E-state index in [2.05, 4.69) is 17.1 Å². The molecule has 1 N–H and O–H groups in total. The number of hydrogen-bond donors (Lipinski definition) is 1. The van der Waals surface area contributed by atoms with E-state index in [9.17, 15) is 9.59 Å². The summed E-state index contributed by atoms with van der Waals surface area (Å²) in [6.45, 7) is 8.87. The number of anilines is 1. The highest BCUT2D eigenvalue weighted by atomic mass is 32.2. The molecule has 1 amide bonds. The molecule has 1 fully saturated rings. The number of ether oxygens (including phenoxy) is 2. The molecular formula is C24H36N4O4S. The van der Waals surface area contributed by atoms with Gasteiger partial charge in [0.25, 0.3) is 5.56 Å². The lowest BCUT2D eigenvalue weighted by Gasteiger charge is -2.29. The number of nitrogens with one attached hydrogen (secondary N) is 1. The van der Waals surface area contributed by atoms with Crippen LogP contribution in [0.5, 0.6) is 0 Å². The maximum absolute atomic E-state index is 13.5. The van der Waals surface area contributed by atoms with Crippen molar-refractivity contribution in [1.82, 2.24) is 14.9 Å². The minimum absolute atomic E-state index is 0.0299. The highest BCUT2D eigenvalue weighted by Crippen LogP contribution is 2.27. The molecule has 33 heavy (non-hydrogen) atoms. The Kier molecular flexibility index (Phi) is 10.0. The normalized spacial score (nSPS) is 15.1. The van der Waals surface area contributed by atoms with Gasteiger partial charge < -0.3 is 19.7 Å². The van der Waals surface area contributed by atoms with Crippen molar-refractivity contribution in [3.05, 3.63) is 28.6 Å². The summed E-state index contributed by atoms with van der Waals surface area (Å²) in [4.78, 5) is 33.3. The molecule has 0 aliphatic carbocycles. The largest absolute Gasteiger partial charge is 0.385 e. The van der Waals surface area contributed by atoms with E-state index in [1.165, 1.54) is 11.8 Å². The third kappa shape index (κ3) is 6.71. The number of morpholine rings is 1. The molecular weight excluding hydrogens is 440 g/mol. The van der Waals surface area contributed by atoms with E-state index in [1.807, 2.05) is 25.1 Å². The summed E-state index contributed by atoms with van der Waals surface area (Å²) < 4.78 is 12.3. The van der Waals surface area contributed by atoms with Gasteiger partial charge in [-0.3, -0.25) is 14.2 Å². The predicted molar refractivity (Wildman–Crippen MR) is 133 cm³/mol. The molecule has 0 radical (unpaired) electrons. The molecule has 3 rings (SSSR count). The first-order chi connectivity index (χ1) is 16.1. The Labute approximate surface area is 200 Å². The number of fused-ring (bicyclic) bond motifs is 1. The highest BCUT2D eigenvalue weighted by Gasteiger charge is 2.22. The number of thioether (sulfide) groups is 1. The van der Waals surface area contributed by atoms with Gasteiger partial charge in [-0.05, 0) is 37.5 Å². The summed E-state index contributed by atoms with van der Waals surface area (Å²) in [5.41, 5.74) is 1.65. The molecule has 9 heteroatoms. The van der Waals surface area contributed by atoms with Crippen LogP contribution < -0.4 is 15.8 Å². The number of rotatable bonds is 12. The fraction of sp³-hybridized carbons (Fsp3) is 0.625. The zero-order valence-electron chi connectivity index (χ0n) is 20.0. The second-order valence-corrected chi connectivity index (χ2v) is 9.33. The van der Waals surface area contributed by atoms with Crippen LogP contribution in [0.4, 0.5) is 5.69 Å². The third-order valence-corrected chi connectivity index (χ3v) is 7.10. The molecule has 0 spiro atoms. The van der Waals surface area contributed by atoms with Crippen LogP contribution in [-0.4, -0.2) is 67.3 Å². The molecule has 2 aromatic rings. The molecule has 1 atom stereocenters. The topological polar surface area (TPSA) is 85.7 Å². The lowest BCUT2D eigenvalue weighted by atomic mass is 10.2. The highest BCUT2D eigenvalue weighted by molar-refractivity contribution is 8.00. The average Bonchev–Trinajstić information content (AvgIpc) is 2.85. The first kappa shape index (κ1) is 25.5. The van der Waals surface area contributed by atoms with Crippen LogP contribution in [0, 0.1) is 0 Å². The van der Waals surface area contributed by atoms with Gasteiger partial charge in [0.1, 0.15) is 0 Å². The van der Waals surface area contributed by atoms with Crippen LogP contribution in [0.15, 0.2) is 28.2 Å². The number of amides is 1. The molecule has 1 aliphatic heterocycles. The van der Waals surface area contributed by atoms with Gasteiger partial charge in [0.05, 0.1) is 29.4 Å². The molecule has 1 aliphatic rings. The van der Waals surface area contributed by atoms with Gasteiger partial charge in [-0.15, -0.1) is 0 Å². The molecule has 1 aromatic heterocycles. The number of aromatic nitrogens is 2. The lowest BCUT2D eigenvalue weighted by Crippen LogP contribution is -2.36. The minimum Gasteiger partial charge on any atom is -0.385 e. The van der Waals surface area contributed by atoms with Crippen molar-refractivity contribution in [3.63, 3.8) is 0 Å². The zero-order valence-corrected chi connectivity index (χ0v) is 20.8. The Bertz CT molecular complexity index is 975. The fourth-order valence-corrected chi connectivity index (χ4v) is 4.87. The molecule has 0 bridgehead atoms. The SMILES string of the molecule is CCCCn1c(SC(CC)C(=O)NCCCOC)nc2ccc(N3CCOCC3)cc2c1=O. The van der Waals surface area contributed by atoms with Gasteiger partial charge in [0.15, 0.2) is 5.16 Å². The number of carbonyl (C=O) groups excluding carboxylic acids is 1. The zero-order chi connectivity index (χ0) is 23.6. The van der Waals surface area contributed by atoms with Crippen molar-refractivity contribution in [3.8, 4) is 0 Å². The van der Waals surface area contributed by atoms with Crippen LogP contribution >= 0.6 is 11.8 Å². The van der Waals surface area contributed by atoms with Gasteiger partial charge in [0.2, 0.25) is 5.91 Å². The maximum Gasteiger partial charge on any atom is 0.262 e. The predicted octanol–water partition coefficient (Wildman–Crippen LogP) is 3.06. The summed E-state index contributed by atoms with van der Waals surface area (Å²) in [7, 11) is 1.65. The van der Waals surface area contributed by atoms with Crippen molar-refractivity contribution in [2.75, 3.05) is 51.5 Å². The Morgan fingerprint density at radius 2 is 2.06 bits per heavy atom. The summed E-state index contributed by atoms with van der Waals surface area (Å²) in [6.07, 6.45) is 3.27. The summed E-state index contributed by atoms with van der Waals surface area (Å²) in [6, 6.07) is 5.89. The number of benzene rings is 1. The second kappa shape index (κ2) is 13.0. The molecule has 1 unspecified atom stereocenters. The lowest BCUT2D eigenvalue weighted by molar-refractivity contribution is -0.120. The molecule has 8 nitrogen and oxygen atoms in total. The number of hydrogen-bond acceptors (Lipinski definition) is 7. The molecule has 182 valence electrons. The van der Waals surface area contributed by atoms with E-state index in [-0.39, 0.29) is 16.7 Å². The first-order valence-corrected chi connectivity index (χ1v) is 12.8. The molecule has 2 heterocycles. The summed E-state index contributed by atoms with van der Waals surface area (Å²) in [5.74, 6) is -0.0299. The molecule has 0 saturated carbocycles. The van der Waals surface area contributed by atoms with E-state index in [1.54, 1.807) is 11.7 Å². The van der Waals surface area contributed by atoms with Gasteiger partial charge >= 0.3 is 0 Å². The van der Waals surface area contributed by atoms with Crippen LogP contribution in [0.25, 0.3) is 10.9 Å². The standard InChI is InChI=1S/C24H36N4O4S/c1-4-6-11-28-23(30)19-17-18(27-12-15-32-16-13-27)8-9-20(19)26-24(28)33-21(5-2)22(29)25-10-7-14-31-3/h8-9,17,21H,4-7,10-16H2,1-3H3,(H,25,29). The Balaban J connectivity index is 1.89. The quantitative estimate of drug-likeness (QED) is 0.286. The van der Waals surface area contributed by atoms with Crippen molar-refractivity contribution >= 4 is 34.3 Å². The second-order valence-electron chi connectivity index (χ2n) is 8.16. The van der Waals surface area contributed by atoms with Gasteiger partial charge in [0, 0.05) is 45.6 Å². The number of carbonyl (C=O) groups is 1. The smallest absolute Gasteiger partial charge is 0.262 e.